The van der Waals surface area contributed by atoms with Gasteiger partial charge in [-0.15, -0.1) is 0 Å². The number of rotatable bonds is 2. The fraction of sp³-hybridized carbons (Fsp3) is 0.600. The summed E-state index contributed by atoms with van der Waals surface area (Å²) >= 11 is 0. The van der Waals surface area contributed by atoms with Gasteiger partial charge < -0.3 is 9.62 Å². The zero-order valence-corrected chi connectivity index (χ0v) is 13.3. The molecule has 1 atom stereocenters. The smallest absolute Gasteiger partial charge is 0.218 e. The Morgan fingerprint density at radius 2 is 1.89 bits per heavy atom. The van der Waals surface area contributed by atoms with E-state index in [1.165, 1.54) is 16.7 Å². The molecule has 1 aliphatic rings. The third-order valence-electron chi connectivity index (χ3n) is 5.07. The van der Waals surface area contributed by atoms with Crippen LogP contribution in [0.2, 0.25) is 19.4 Å². The number of aryl methyl sites for hydroxylation is 2. The third kappa shape index (κ3) is 3.06. The second kappa shape index (κ2) is 5.72. The zero-order valence-electron chi connectivity index (χ0n) is 13.3. The minimum Gasteiger partial charge on any atom is -0.334 e. The second-order valence-electron chi connectivity index (χ2n) is 6.42. The first kappa shape index (κ1) is 14.7. The van der Waals surface area contributed by atoms with Gasteiger partial charge in [-0.3, -0.25) is 0 Å². The molecule has 2 rings (SSSR count). The molecule has 0 N–H and O–H groups in total. The normalized spacial score (nSPS) is 22.1. The maximum atomic E-state index is 2.60. The van der Waals surface area contributed by atoms with Gasteiger partial charge in [0.25, 0.3) is 0 Å². The van der Waals surface area contributed by atoms with E-state index in [0.717, 1.165) is 13.2 Å². The molecule has 1 unspecified atom stereocenters. The molecule has 2 nitrogen and oxygen atoms in total. The highest BCUT2D eigenvalue weighted by molar-refractivity contribution is 6.76. The Bertz CT molecular complexity index is 450. The second-order valence-corrected chi connectivity index (χ2v) is 6.42. The zero-order chi connectivity index (χ0) is 14.2. The van der Waals surface area contributed by atoms with E-state index in [1.807, 2.05) is 0 Å². The van der Waals surface area contributed by atoms with Crippen molar-refractivity contribution in [3.8, 4) is 0 Å². The minimum absolute atomic E-state index is 0.645. The summed E-state index contributed by atoms with van der Waals surface area (Å²) in [5, 5.41) is 0. The topological polar surface area (TPSA) is 6.48 Å². The molecule has 1 heterocycles. The van der Waals surface area contributed by atoms with E-state index in [4.69, 9.17) is 0 Å². The first-order chi connectivity index (χ1) is 8.90. The molecule has 0 amide bonds. The molecular weight excluding hydrogens is 230 g/mol. The summed E-state index contributed by atoms with van der Waals surface area (Å²) in [5.41, 5.74) is 4.95. The number of benzene rings is 1. The highest BCUT2D eigenvalue weighted by Gasteiger charge is 2.37. The molecule has 0 spiro atoms. The number of hydrogen-bond acceptors (Lipinski definition) is 2. The maximum absolute atomic E-state index is 2.60. The number of hydrogen-bond donors (Lipinski definition) is 0. The monoisotopic (exact) mass is 256 g/mol. The predicted molar refractivity (Wildman–Crippen MR) is 86.7 cm³/mol. The molecule has 0 radical (unpaired) electrons. The van der Waals surface area contributed by atoms with Crippen LogP contribution in [0.1, 0.15) is 23.6 Å². The van der Waals surface area contributed by atoms with Crippen LogP contribution in [0.15, 0.2) is 18.2 Å². The number of nitrogens with zero attached hydrogens (tertiary/aromatic N) is 2. The van der Waals surface area contributed by atoms with Gasteiger partial charge in [0.15, 0.2) is 0 Å². The summed E-state index contributed by atoms with van der Waals surface area (Å²) in [7, 11) is 2.24. The van der Waals surface area contributed by atoms with Gasteiger partial charge in [-0.05, 0) is 32.0 Å². The largest absolute Gasteiger partial charge is 0.334 e. The van der Waals surface area contributed by atoms with E-state index in [9.17, 15) is 0 Å². The van der Waals surface area contributed by atoms with Crippen LogP contribution in [0.5, 0.6) is 0 Å². The lowest BCUT2D eigenvalue weighted by atomic mass is 9.31. The SMILES string of the molecule is CB1C(C)B(C)N(Cc2ccc(C)cc2C)CN1C. The molecule has 102 valence electrons. The molecule has 1 aromatic carbocycles. The van der Waals surface area contributed by atoms with Crippen LogP contribution in [0.4, 0.5) is 0 Å². The van der Waals surface area contributed by atoms with E-state index >= 15 is 0 Å². The van der Waals surface area contributed by atoms with Gasteiger partial charge in [0, 0.05) is 13.2 Å². The molecule has 1 aromatic rings. The molecule has 1 saturated heterocycles. The fourth-order valence-electron chi connectivity index (χ4n) is 3.12. The molecule has 0 aliphatic carbocycles. The minimum atomic E-state index is 0.645. The van der Waals surface area contributed by atoms with Gasteiger partial charge in [0.2, 0.25) is 13.7 Å². The molecule has 4 heteroatoms. The van der Waals surface area contributed by atoms with E-state index in [2.05, 4.69) is 69.3 Å². The van der Waals surface area contributed by atoms with Crippen LogP contribution in [0.3, 0.4) is 0 Å². The molecule has 0 aromatic heterocycles. The van der Waals surface area contributed by atoms with Crippen molar-refractivity contribution < 1.29 is 0 Å². The standard InChI is InChI=1S/C15H26B2N2/c1-12-7-8-15(13(2)9-12)10-19-11-18(6)16(4)14(3)17(19)5/h7-9,14H,10-11H2,1-6H3. The van der Waals surface area contributed by atoms with Crippen molar-refractivity contribution in [3.63, 3.8) is 0 Å². The third-order valence-corrected chi connectivity index (χ3v) is 5.07. The fourth-order valence-corrected chi connectivity index (χ4v) is 3.12. The Labute approximate surface area is 119 Å². The van der Waals surface area contributed by atoms with Crippen LogP contribution in [-0.2, 0) is 6.54 Å². The average molecular weight is 256 g/mol. The van der Waals surface area contributed by atoms with Gasteiger partial charge in [0.05, 0.1) is 0 Å². The molecular formula is C15H26B2N2. The Hall–Kier alpha value is -0.730. The molecule has 1 aliphatic heterocycles. The molecule has 1 fully saturated rings. The average Bonchev–Trinajstić information content (AvgIpc) is 2.36. The molecule has 19 heavy (non-hydrogen) atoms. The van der Waals surface area contributed by atoms with Crippen molar-refractivity contribution in [1.82, 2.24) is 9.62 Å². The van der Waals surface area contributed by atoms with Crippen LogP contribution in [-0.4, -0.2) is 37.0 Å². The lowest BCUT2D eigenvalue weighted by Crippen LogP contribution is -2.58. The van der Waals surface area contributed by atoms with Crippen molar-refractivity contribution in [2.24, 2.45) is 0 Å². The van der Waals surface area contributed by atoms with Crippen LogP contribution in [0, 0.1) is 13.8 Å². The van der Waals surface area contributed by atoms with E-state index in [0.29, 0.717) is 19.4 Å². The molecule has 0 bridgehead atoms. The quantitative estimate of drug-likeness (QED) is 0.750. The maximum Gasteiger partial charge on any atom is 0.218 e. The van der Waals surface area contributed by atoms with Crippen molar-refractivity contribution >= 4 is 13.7 Å². The van der Waals surface area contributed by atoms with Crippen molar-refractivity contribution in [2.45, 2.75) is 46.7 Å². The van der Waals surface area contributed by atoms with Crippen LogP contribution < -0.4 is 0 Å². The summed E-state index contributed by atoms with van der Waals surface area (Å²) in [6.07, 6.45) is 0. The Balaban J connectivity index is 2.14. The van der Waals surface area contributed by atoms with E-state index in [1.54, 1.807) is 0 Å². The van der Waals surface area contributed by atoms with Crippen molar-refractivity contribution in [2.75, 3.05) is 13.7 Å². The van der Waals surface area contributed by atoms with Crippen molar-refractivity contribution in [3.05, 3.63) is 34.9 Å². The lowest BCUT2D eigenvalue weighted by molar-refractivity contribution is 0.295. The Kier molecular flexibility index (Phi) is 4.42. The summed E-state index contributed by atoms with van der Waals surface area (Å²) < 4.78 is 0. The first-order valence-corrected chi connectivity index (χ1v) is 7.40. The summed E-state index contributed by atoms with van der Waals surface area (Å²) in [4.78, 5) is 5.07. The predicted octanol–water partition coefficient (Wildman–Crippen LogP) is 3.18. The van der Waals surface area contributed by atoms with Crippen molar-refractivity contribution in [1.29, 1.82) is 0 Å². The van der Waals surface area contributed by atoms with Gasteiger partial charge in [0.1, 0.15) is 0 Å². The first-order valence-electron chi connectivity index (χ1n) is 7.40. The van der Waals surface area contributed by atoms with Gasteiger partial charge in [-0.25, -0.2) is 0 Å². The Morgan fingerprint density at radius 3 is 2.53 bits per heavy atom. The lowest BCUT2D eigenvalue weighted by Gasteiger charge is -2.44. The van der Waals surface area contributed by atoms with E-state index in [-0.39, 0.29) is 0 Å². The van der Waals surface area contributed by atoms with Gasteiger partial charge in [-0.2, -0.15) is 0 Å². The highest BCUT2D eigenvalue weighted by atomic mass is 15.2. The molecule has 0 saturated carbocycles. The summed E-state index contributed by atoms with van der Waals surface area (Å²) in [6, 6.07) is 6.81. The highest BCUT2D eigenvalue weighted by Crippen LogP contribution is 2.26. The summed E-state index contributed by atoms with van der Waals surface area (Å²) in [6.45, 7) is 14.9. The summed E-state index contributed by atoms with van der Waals surface area (Å²) in [5.74, 6) is 0. The van der Waals surface area contributed by atoms with Crippen LogP contribution in [0.25, 0.3) is 0 Å². The van der Waals surface area contributed by atoms with Crippen LogP contribution >= 0.6 is 0 Å². The van der Waals surface area contributed by atoms with Gasteiger partial charge >= 0.3 is 0 Å². The van der Waals surface area contributed by atoms with E-state index < -0.39 is 0 Å². The Morgan fingerprint density at radius 1 is 1.21 bits per heavy atom. The van der Waals surface area contributed by atoms with Gasteiger partial charge in [-0.1, -0.05) is 50.0 Å².